The fourth-order valence-electron chi connectivity index (χ4n) is 2.36. The third-order valence-corrected chi connectivity index (χ3v) is 4.69. The first kappa shape index (κ1) is 14.2. The summed E-state index contributed by atoms with van der Waals surface area (Å²) < 4.78 is 1.42. The minimum absolute atomic E-state index is 0.104. The molecular formula is C12H20N4O2S. The van der Waals surface area contributed by atoms with Crippen LogP contribution in [0.5, 0.6) is 0 Å². The van der Waals surface area contributed by atoms with Gasteiger partial charge in [-0.25, -0.2) is 9.89 Å². The topological polar surface area (TPSA) is 71.0 Å². The molecule has 0 bridgehead atoms. The zero-order valence-electron chi connectivity index (χ0n) is 11.4. The van der Waals surface area contributed by atoms with Crippen LogP contribution >= 0.6 is 11.8 Å². The molecule has 106 valence electrons. The largest absolute Gasteiger partial charge is 0.343 e. The molecule has 0 saturated heterocycles. The van der Waals surface area contributed by atoms with E-state index in [0.29, 0.717) is 17.0 Å². The summed E-state index contributed by atoms with van der Waals surface area (Å²) >= 11 is 1.30. The minimum atomic E-state index is -0.254. The zero-order chi connectivity index (χ0) is 13.8. The summed E-state index contributed by atoms with van der Waals surface area (Å²) in [4.78, 5) is 25.2. The lowest BCUT2D eigenvalue weighted by molar-refractivity contribution is -0.129. The van der Waals surface area contributed by atoms with E-state index in [9.17, 15) is 9.59 Å². The summed E-state index contributed by atoms with van der Waals surface area (Å²) in [6, 6.07) is 0.379. The number of thioether (sulfide) groups is 1. The van der Waals surface area contributed by atoms with Gasteiger partial charge in [-0.3, -0.25) is 9.36 Å². The van der Waals surface area contributed by atoms with Crippen LogP contribution in [0.3, 0.4) is 0 Å². The van der Waals surface area contributed by atoms with Crippen molar-refractivity contribution in [3.8, 4) is 0 Å². The van der Waals surface area contributed by atoms with Crippen LogP contribution in [0.4, 0.5) is 0 Å². The molecule has 1 N–H and O–H groups in total. The van der Waals surface area contributed by atoms with Crippen LogP contribution < -0.4 is 5.69 Å². The van der Waals surface area contributed by atoms with Gasteiger partial charge in [-0.2, -0.15) is 0 Å². The molecule has 1 aromatic heterocycles. The first-order valence-corrected chi connectivity index (χ1v) is 7.58. The number of nitrogens with zero attached hydrogens (tertiary/aromatic N) is 3. The molecule has 0 spiro atoms. The Kier molecular flexibility index (Phi) is 4.68. The summed E-state index contributed by atoms with van der Waals surface area (Å²) in [5.41, 5.74) is -0.254. The SMILES string of the molecule is CN(C(=O)CSc1n[nH]c(=O)n1C)C1CCCCC1. The van der Waals surface area contributed by atoms with Crippen molar-refractivity contribution in [2.75, 3.05) is 12.8 Å². The molecule has 2 rings (SSSR count). The van der Waals surface area contributed by atoms with E-state index < -0.39 is 0 Å². The minimum Gasteiger partial charge on any atom is -0.342 e. The van der Waals surface area contributed by atoms with Gasteiger partial charge in [0.25, 0.3) is 0 Å². The number of nitrogens with one attached hydrogen (secondary N) is 1. The van der Waals surface area contributed by atoms with Crippen LogP contribution in [-0.2, 0) is 11.8 Å². The molecule has 1 aromatic rings. The van der Waals surface area contributed by atoms with E-state index in [1.807, 2.05) is 11.9 Å². The molecule has 19 heavy (non-hydrogen) atoms. The Morgan fingerprint density at radius 2 is 2.16 bits per heavy atom. The van der Waals surface area contributed by atoms with Crippen molar-refractivity contribution >= 4 is 17.7 Å². The second kappa shape index (κ2) is 6.27. The Morgan fingerprint density at radius 3 is 2.74 bits per heavy atom. The second-order valence-electron chi connectivity index (χ2n) is 4.96. The molecule has 1 heterocycles. The van der Waals surface area contributed by atoms with Gasteiger partial charge in [-0.1, -0.05) is 31.0 Å². The lowest BCUT2D eigenvalue weighted by Crippen LogP contribution is -2.39. The standard InChI is InChI=1S/C12H20N4O2S/c1-15(9-6-4-3-5-7-9)10(17)8-19-12-14-13-11(18)16(12)2/h9H,3-8H2,1-2H3,(H,13,18). The van der Waals surface area contributed by atoms with E-state index in [2.05, 4.69) is 10.2 Å². The van der Waals surface area contributed by atoms with E-state index in [0.717, 1.165) is 12.8 Å². The molecule has 1 amide bonds. The number of hydrogen-bond acceptors (Lipinski definition) is 4. The fourth-order valence-corrected chi connectivity index (χ4v) is 3.20. The fraction of sp³-hybridized carbons (Fsp3) is 0.750. The highest BCUT2D eigenvalue weighted by Gasteiger charge is 2.22. The molecule has 1 aliphatic carbocycles. The first-order chi connectivity index (χ1) is 9.09. The molecule has 0 aromatic carbocycles. The maximum absolute atomic E-state index is 12.1. The van der Waals surface area contributed by atoms with Crippen LogP contribution in [0.25, 0.3) is 0 Å². The average Bonchev–Trinajstić information content (AvgIpc) is 2.76. The summed E-state index contributed by atoms with van der Waals surface area (Å²) in [7, 11) is 3.52. The molecule has 0 atom stereocenters. The summed E-state index contributed by atoms with van der Waals surface area (Å²) in [6.45, 7) is 0. The van der Waals surface area contributed by atoms with Crippen molar-refractivity contribution in [3.05, 3.63) is 10.5 Å². The van der Waals surface area contributed by atoms with Crippen LogP contribution in [0, 0.1) is 0 Å². The molecule has 1 saturated carbocycles. The number of carbonyl (C=O) groups is 1. The lowest BCUT2D eigenvalue weighted by atomic mass is 9.94. The maximum atomic E-state index is 12.1. The third-order valence-electron chi connectivity index (χ3n) is 3.68. The van der Waals surface area contributed by atoms with Crippen LogP contribution in [-0.4, -0.2) is 44.4 Å². The molecule has 1 fully saturated rings. The third kappa shape index (κ3) is 3.40. The van der Waals surface area contributed by atoms with Crippen molar-refractivity contribution in [2.24, 2.45) is 7.05 Å². The van der Waals surface area contributed by atoms with Crippen molar-refractivity contribution in [2.45, 2.75) is 43.3 Å². The summed E-state index contributed by atoms with van der Waals surface area (Å²) in [5.74, 6) is 0.429. The first-order valence-electron chi connectivity index (χ1n) is 6.59. The van der Waals surface area contributed by atoms with Gasteiger partial charge in [-0.05, 0) is 12.8 Å². The van der Waals surface area contributed by atoms with E-state index in [4.69, 9.17) is 0 Å². The molecule has 0 radical (unpaired) electrons. The number of H-pyrrole nitrogens is 1. The molecule has 1 aliphatic rings. The Morgan fingerprint density at radius 1 is 1.47 bits per heavy atom. The lowest BCUT2D eigenvalue weighted by Gasteiger charge is -2.31. The van der Waals surface area contributed by atoms with E-state index in [1.54, 1.807) is 7.05 Å². The van der Waals surface area contributed by atoms with Gasteiger partial charge >= 0.3 is 5.69 Å². The number of rotatable bonds is 4. The second-order valence-corrected chi connectivity index (χ2v) is 5.90. The summed E-state index contributed by atoms with van der Waals surface area (Å²) in [6.07, 6.45) is 5.91. The van der Waals surface area contributed by atoms with Crippen LogP contribution in [0.15, 0.2) is 9.95 Å². The summed E-state index contributed by atoms with van der Waals surface area (Å²) in [5, 5.41) is 6.79. The highest BCUT2D eigenvalue weighted by molar-refractivity contribution is 7.99. The number of hydrogen-bond donors (Lipinski definition) is 1. The van der Waals surface area contributed by atoms with E-state index >= 15 is 0 Å². The van der Waals surface area contributed by atoms with E-state index in [1.165, 1.54) is 35.6 Å². The van der Waals surface area contributed by atoms with Gasteiger partial charge in [0.1, 0.15) is 0 Å². The van der Waals surface area contributed by atoms with Gasteiger partial charge in [0.05, 0.1) is 5.75 Å². The smallest absolute Gasteiger partial charge is 0.342 e. The molecular weight excluding hydrogens is 264 g/mol. The van der Waals surface area contributed by atoms with Gasteiger partial charge in [0.2, 0.25) is 5.91 Å². The number of aromatic amines is 1. The van der Waals surface area contributed by atoms with E-state index in [-0.39, 0.29) is 11.6 Å². The van der Waals surface area contributed by atoms with Gasteiger partial charge in [0, 0.05) is 20.1 Å². The molecule has 6 nitrogen and oxygen atoms in total. The van der Waals surface area contributed by atoms with Crippen LogP contribution in [0.1, 0.15) is 32.1 Å². The van der Waals surface area contributed by atoms with Gasteiger partial charge in [0.15, 0.2) is 5.16 Å². The number of aromatic nitrogens is 3. The highest BCUT2D eigenvalue weighted by Crippen LogP contribution is 2.22. The quantitative estimate of drug-likeness (QED) is 0.837. The Labute approximate surface area is 116 Å². The predicted octanol–water partition coefficient (Wildman–Crippen LogP) is 0.992. The maximum Gasteiger partial charge on any atom is 0.343 e. The predicted molar refractivity (Wildman–Crippen MR) is 74.2 cm³/mol. The Bertz CT molecular complexity index is 490. The van der Waals surface area contributed by atoms with Crippen LogP contribution in [0.2, 0.25) is 0 Å². The monoisotopic (exact) mass is 284 g/mol. The van der Waals surface area contributed by atoms with Gasteiger partial charge in [-0.15, -0.1) is 5.10 Å². The Balaban J connectivity index is 1.86. The Hall–Kier alpha value is -1.24. The highest BCUT2D eigenvalue weighted by atomic mass is 32.2. The number of carbonyl (C=O) groups excluding carboxylic acids is 1. The number of amides is 1. The van der Waals surface area contributed by atoms with Crippen molar-refractivity contribution < 1.29 is 4.79 Å². The van der Waals surface area contributed by atoms with Crippen molar-refractivity contribution in [1.29, 1.82) is 0 Å². The normalized spacial score (nSPS) is 16.5. The molecule has 0 unspecified atom stereocenters. The zero-order valence-corrected chi connectivity index (χ0v) is 12.2. The van der Waals surface area contributed by atoms with Crippen molar-refractivity contribution in [3.63, 3.8) is 0 Å². The van der Waals surface area contributed by atoms with Crippen molar-refractivity contribution in [1.82, 2.24) is 19.7 Å². The molecule has 0 aliphatic heterocycles. The average molecular weight is 284 g/mol. The van der Waals surface area contributed by atoms with Gasteiger partial charge < -0.3 is 4.90 Å². The molecule has 7 heteroatoms.